The predicted octanol–water partition coefficient (Wildman–Crippen LogP) is 4.75. The molecule has 1 amide bonds. The SMILES string of the molecule is O=C1Nc2cc(Cl)c(CCCl)cc2/C1=C/c1ccc(F)cc1. The Kier molecular flexibility index (Phi) is 4.19. The van der Waals surface area contributed by atoms with Crippen LogP contribution in [0.5, 0.6) is 0 Å². The molecule has 3 rings (SSSR count). The number of carbonyl (C=O) groups is 1. The van der Waals surface area contributed by atoms with Crippen molar-refractivity contribution < 1.29 is 9.18 Å². The standard InChI is InChI=1S/C17H12Cl2FNO/c18-6-5-11-8-13-14(7-10-1-3-12(20)4-2-10)17(22)21-16(13)9-15(11)19/h1-4,7-9H,5-6H2,(H,21,22)/b14-7-. The van der Waals surface area contributed by atoms with Crippen LogP contribution in [-0.2, 0) is 11.2 Å². The van der Waals surface area contributed by atoms with Crippen LogP contribution >= 0.6 is 23.2 Å². The fourth-order valence-corrected chi connectivity index (χ4v) is 2.88. The van der Waals surface area contributed by atoms with Gasteiger partial charge in [-0.1, -0.05) is 23.7 Å². The number of halogens is 3. The highest BCUT2D eigenvalue weighted by Gasteiger charge is 2.25. The molecule has 2 aromatic carbocycles. The van der Waals surface area contributed by atoms with E-state index in [2.05, 4.69) is 5.32 Å². The van der Waals surface area contributed by atoms with Gasteiger partial charge in [0.25, 0.3) is 5.91 Å². The van der Waals surface area contributed by atoms with Gasteiger partial charge >= 0.3 is 0 Å². The average Bonchev–Trinajstić information content (AvgIpc) is 2.78. The molecule has 0 bridgehead atoms. The van der Waals surface area contributed by atoms with Gasteiger partial charge in [0, 0.05) is 22.0 Å². The fraction of sp³-hybridized carbons (Fsp3) is 0.118. The molecular weight excluding hydrogens is 324 g/mol. The maximum atomic E-state index is 13.0. The Balaban J connectivity index is 2.06. The van der Waals surface area contributed by atoms with E-state index in [1.165, 1.54) is 12.1 Å². The summed E-state index contributed by atoms with van der Waals surface area (Å²) in [4.78, 5) is 12.2. The van der Waals surface area contributed by atoms with Crippen LogP contribution in [-0.4, -0.2) is 11.8 Å². The van der Waals surface area contributed by atoms with Crippen molar-refractivity contribution in [3.8, 4) is 0 Å². The van der Waals surface area contributed by atoms with Crippen LogP contribution < -0.4 is 5.32 Å². The topological polar surface area (TPSA) is 29.1 Å². The van der Waals surface area contributed by atoms with Crippen LogP contribution in [0.1, 0.15) is 16.7 Å². The van der Waals surface area contributed by atoms with Gasteiger partial charge in [-0.25, -0.2) is 4.39 Å². The van der Waals surface area contributed by atoms with Gasteiger partial charge in [-0.15, -0.1) is 11.6 Å². The summed E-state index contributed by atoms with van der Waals surface area (Å²) in [6.45, 7) is 0. The molecular formula is C17H12Cl2FNO. The highest BCUT2D eigenvalue weighted by Crippen LogP contribution is 2.37. The zero-order chi connectivity index (χ0) is 15.7. The van der Waals surface area contributed by atoms with Crippen molar-refractivity contribution in [1.29, 1.82) is 0 Å². The Morgan fingerprint density at radius 1 is 1.18 bits per heavy atom. The number of alkyl halides is 1. The number of rotatable bonds is 3. The minimum absolute atomic E-state index is 0.196. The van der Waals surface area contributed by atoms with Crippen molar-refractivity contribution in [1.82, 2.24) is 0 Å². The van der Waals surface area contributed by atoms with Gasteiger partial charge in [0.2, 0.25) is 0 Å². The molecule has 22 heavy (non-hydrogen) atoms. The van der Waals surface area contributed by atoms with E-state index in [0.717, 1.165) is 16.7 Å². The molecule has 5 heteroatoms. The summed E-state index contributed by atoms with van der Waals surface area (Å²) >= 11 is 12.0. The summed E-state index contributed by atoms with van der Waals surface area (Å²) in [5, 5.41) is 3.38. The van der Waals surface area contributed by atoms with Crippen molar-refractivity contribution in [2.24, 2.45) is 0 Å². The molecule has 0 atom stereocenters. The van der Waals surface area contributed by atoms with Crippen molar-refractivity contribution >= 4 is 46.4 Å². The molecule has 1 aliphatic rings. The number of benzene rings is 2. The van der Waals surface area contributed by atoms with Crippen LogP contribution in [0.4, 0.5) is 10.1 Å². The Morgan fingerprint density at radius 3 is 2.59 bits per heavy atom. The first kappa shape index (κ1) is 15.1. The van der Waals surface area contributed by atoms with E-state index < -0.39 is 0 Å². The maximum absolute atomic E-state index is 13.0. The lowest BCUT2D eigenvalue weighted by Gasteiger charge is -2.06. The Labute approximate surface area is 137 Å². The Morgan fingerprint density at radius 2 is 1.91 bits per heavy atom. The monoisotopic (exact) mass is 335 g/mol. The number of hydrogen-bond donors (Lipinski definition) is 1. The van der Waals surface area contributed by atoms with Gasteiger partial charge in [-0.2, -0.15) is 0 Å². The molecule has 112 valence electrons. The summed E-state index contributed by atoms with van der Waals surface area (Å²) in [6, 6.07) is 9.60. The second-order valence-corrected chi connectivity index (χ2v) is 5.78. The van der Waals surface area contributed by atoms with Crippen molar-refractivity contribution in [2.75, 3.05) is 11.2 Å². The van der Waals surface area contributed by atoms with E-state index in [1.54, 1.807) is 24.3 Å². The smallest absolute Gasteiger partial charge is 0.256 e. The zero-order valence-corrected chi connectivity index (χ0v) is 13.0. The van der Waals surface area contributed by atoms with E-state index in [1.807, 2.05) is 6.07 Å². The number of anilines is 1. The first-order chi connectivity index (χ1) is 10.6. The first-order valence-corrected chi connectivity index (χ1v) is 7.67. The lowest BCUT2D eigenvalue weighted by Crippen LogP contribution is -2.03. The van der Waals surface area contributed by atoms with E-state index in [4.69, 9.17) is 23.2 Å². The third-order valence-corrected chi connectivity index (χ3v) is 4.06. The predicted molar refractivity (Wildman–Crippen MR) is 88.8 cm³/mol. The zero-order valence-electron chi connectivity index (χ0n) is 11.5. The Bertz CT molecular complexity index is 769. The largest absolute Gasteiger partial charge is 0.321 e. The lowest BCUT2D eigenvalue weighted by molar-refractivity contribution is -0.110. The number of nitrogens with one attached hydrogen (secondary N) is 1. The van der Waals surface area contributed by atoms with Crippen LogP contribution in [0.3, 0.4) is 0 Å². The quantitative estimate of drug-likeness (QED) is 0.636. The van der Waals surface area contributed by atoms with Crippen molar-refractivity contribution in [2.45, 2.75) is 6.42 Å². The number of fused-ring (bicyclic) bond motifs is 1. The summed E-state index contributed by atoms with van der Waals surface area (Å²) in [7, 11) is 0. The average molecular weight is 336 g/mol. The third kappa shape index (κ3) is 2.87. The molecule has 2 aromatic rings. The van der Waals surface area contributed by atoms with Gasteiger partial charge < -0.3 is 5.32 Å². The van der Waals surface area contributed by atoms with E-state index in [-0.39, 0.29) is 11.7 Å². The normalized spacial score (nSPS) is 15.0. The van der Waals surface area contributed by atoms with Crippen LogP contribution in [0.2, 0.25) is 5.02 Å². The molecule has 0 aromatic heterocycles. The van der Waals surface area contributed by atoms with Gasteiger partial charge in [0.1, 0.15) is 5.82 Å². The molecule has 0 saturated heterocycles. The molecule has 0 fully saturated rings. The lowest BCUT2D eigenvalue weighted by atomic mass is 10.0. The summed E-state index contributed by atoms with van der Waals surface area (Å²) in [5.41, 5.74) is 3.67. The van der Waals surface area contributed by atoms with E-state index >= 15 is 0 Å². The molecule has 0 spiro atoms. The number of amides is 1. The van der Waals surface area contributed by atoms with E-state index in [0.29, 0.717) is 28.6 Å². The van der Waals surface area contributed by atoms with Gasteiger partial charge in [-0.05, 0) is 47.9 Å². The summed E-state index contributed by atoms with van der Waals surface area (Å²) in [6.07, 6.45) is 2.37. The fourth-order valence-electron chi connectivity index (χ4n) is 2.42. The van der Waals surface area contributed by atoms with Crippen LogP contribution in [0, 0.1) is 5.82 Å². The molecule has 0 aliphatic carbocycles. The van der Waals surface area contributed by atoms with Crippen molar-refractivity contribution in [3.05, 3.63) is 63.9 Å². The minimum Gasteiger partial charge on any atom is -0.321 e. The molecule has 0 saturated carbocycles. The number of hydrogen-bond acceptors (Lipinski definition) is 1. The van der Waals surface area contributed by atoms with Crippen LogP contribution in [0.15, 0.2) is 36.4 Å². The highest BCUT2D eigenvalue weighted by molar-refractivity contribution is 6.37. The number of aryl methyl sites for hydroxylation is 1. The molecule has 2 nitrogen and oxygen atoms in total. The van der Waals surface area contributed by atoms with E-state index in [9.17, 15) is 9.18 Å². The van der Waals surface area contributed by atoms with Crippen molar-refractivity contribution in [3.63, 3.8) is 0 Å². The molecule has 0 radical (unpaired) electrons. The molecule has 0 unspecified atom stereocenters. The van der Waals surface area contributed by atoms with Gasteiger partial charge in [0.05, 0.1) is 5.69 Å². The van der Waals surface area contributed by atoms with Gasteiger partial charge in [0.15, 0.2) is 0 Å². The second kappa shape index (κ2) is 6.11. The summed E-state index contributed by atoms with van der Waals surface area (Å²) in [5.74, 6) is -0.0512. The first-order valence-electron chi connectivity index (χ1n) is 6.76. The summed E-state index contributed by atoms with van der Waals surface area (Å²) < 4.78 is 13.0. The maximum Gasteiger partial charge on any atom is 0.256 e. The number of carbonyl (C=O) groups excluding carboxylic acids is 1. The second-order valence-electron chi connectivity index (χ2n) is 4.99. The Hall–Kier alpha value is -1.84. The highest BCUT2D eigenvalue weighted by atomic mass is 35.5. The van der Waals surface area contributed by atoms with Crippen LogP contribution in [0.25, 0.3) is 11.6 Å². The molecule has 1 heterocycles. The minimum atomic E-state index is -0.311. The molecule has 1 aliphatic heterocycles. The van der Waals surface area contributed by atoms with Gasteiger partial charge in [-0.3, -0.25) is 4.79 Å². The third-order valence-electron chi connectivity index (χ3n) is 3.51. The molecule has 1 N–H and O–H groups in total.